The average molecular weight is 224 g/mol. The molecule has 1 rings (SSSR count). The molecule has 0 heterocycles. The van der Waals surface area contributed by atoms with E-state index in [2.05, 4.69) is 32.9 Å². The van der Waals surface area contributed by atoms with E-state index in [-0.39, 0.29) is 17.0 Å². The van der Waals surface area contributed by atoms with Crippen LogP contribution in [0.1, 0.15) is 53.9 Å². The molecule has 0 saturated heterocycles. The Labute approximate surface area is 99.1 Å². The van der Waals surface area contributed by atoms with E-state index in [1.165, 1.54) is 6.92 Å². The third-order valence-electron chi connectivity index (χ3n) is 4.38. The van der Waals surface area contributed by atoms with Crippen molar-refractivity contribution in [2.24, 2.45) is 11.3 Å². The van der Waals surface area contributed by atoms with Gasteiger partial charge in [-0.3, -0.25) is 4.79 Å². The molecule has 0 aliphatic heterocycles. The SMILES string of the molecule is C/C=C/CC1CCC(C)(OC(C)=O)C1(C)C. The zero-order chi connectivity index (χ0) is 12.4. The summed E-state index contributed by atoms with van der Waals surface area (Å²) in [5.74, 6) is 0.440. The van der Waals surface area contributed by atoms with Gasteiger partial charge in [0.15, 0.2) is 0 Å². The van der Waals surface area contributed by atoms with Crippen molar-refractivity contribution >= 4 is 5.97 Å². The van der Waals surface area contributed by atoms with E-state index in [4.69, 9.17) is 4.74 Å². The van der Waals surface area contributed by atoms with Gasteiger partial charge in [0, 0.05) is 12.3 Å². The Morgan fingerprint density at radius 3 is 2.56 bits per heavy atom. The van der Waals surface area contributed by atoms with E-state index in [9.17, 15) is 4.79 Å². The first-order chi connectivity index (χ1) is 7.33. The maximum Gasteiger partial charge on any atom is 0.303 e. The van der Waals surface area contributed by atoms with Crippen molar-refractivity contribution in [3.63, 3.8) is 0 Å². The number of carbonyl (C=O) groups excluding carboxylic acids is 1. The summed E-state index contributed by atoms with van der Waals surface area (Å²) >= 11 is 0. The van der Waals surface area contributed by atoms with Crippen molar-refractivity contribution in [1.29, 1.82) is 0 Å². The van der Waals surface area contributed by atoms with Crippen LogP contribution in [0.3, 0.4) is 0 Å². The van der Waals surface area contributed by atoms with Gasteiger partial charge >= 0.3 is 5.97 Å². The first-order valence-electron chi connectivity index (χ1n) is 6.14. The molecule has 2 heteroatoms. The first-order valence-corrected chi connectivity index (χ1v) is 6.14. The summed E-state index contributed by atoms with van der Waals surface area (Å²) in [7, 11) is 0. The number of allylic oxidation sites excluding steroid dienone is 2. The minimum Gasteiger partial charge on any atom is -0.459 e. The number of rotatable bonds is 3. The van der Waals surface area contributed by atoms with Crippen LogP contribution >= 0.6 is 0 Å². The summed E-state index contributed by atoms with van der Waals surface area (Å²) in [6.07, 6.45) is 7.51. The lowest BCUT2D eigenvalue weighted by atomic mass is 9.72. The predicted octanol–water partition coefficient (Wildman–Crippen LogP) is 3.71. The van der Waals surface area contributed by atoms with Gasteiger partial charge in [0.05, 0.1) is 0 Å². The van der Waals surface area contributed by atoms with E-state index in [0.717, 1.165) is 19.3 Å². The van der Waals surface area contributed by atoms with E-state index in [1.54, 1.807) is 0 Å². The number of esters is 1. The average Bonchev–Trinajstić information content (AvgIpc) is 2.35. The minimum atomic E-state index is -0.301. The summed E-state index contributed by atoms with van der Waals surface area (Å²) in [4.78, 5) is 11.2. The fourth-order valence-electron chi connectivity index (χ4n) is 2.78. The largest absolute Gasteiger partial charge is 0.459 e. The van der Waals surface area contributed by atoms with E-state index in [0.29, 0.717) is 5.92 Å². The molecule has 1 saturated carbocycles. The third-order valence-corrected chi connectivity index (χ3v) is 4.38. The summed E-state index contributed by atoms with van der Waals surface area (Å²) in [5, 5.41) is 0. The van der Waals surface area contributed by atoms with Gasteiger partial charge in [-0.05, 0) is 39.0 Å². The molecule has 0 aromatic rings. The highest BCUT2D eigenvalue weighted by Crippen LogP contribution is 2.53. The summed E-state index contributed by atoms with van der Waals surface area (Å²) in [6.45, 7) is 10.1. The Morgan fingerprint density at radius 2 is 2.06 bits per heavy atom. The molecule has 0 aromatic heterocycles. The molecule has 2 atom stereocenters. The fourth-order valence-corrected chi connectivity index (χ4v) is 2.78. The Balaban J connectivity index is 2.81. The second-order valence-corrected chi connectivity index (χ2v) is 5.59. The molecule has 0 radical (unpaired) electrons. The normalized spacial score (nSPS) is 33.2. The van der Waals surface area contributed by atoms with Crippen molar-refractivity contribution in [3.05, 3.63) is 12.2 Å². The van der Waals surface area contributed by atoms with Crippen LogP contribution in [-0.2, 0) is 9.53 Å². The molecule has 0 spiro atoms. The van der Waals surface area contributed by atoms with E-state index < -0.39 is 0 Å². The smallest absolute Gasteiger partial charge is 0.303 e. The lowest BCUT2D eigenvalue weighted by molar-refractivity contribution is -0.166. The zero-order valence-electron chi connectivity index (χ0n) is 11.2. The monoisotopic (exact) mass is 224 g/mol. The Morgan fingerprint density at radius 1 is 1.44 bits per heavy atom. The van der Waals surface area contributed by atoms with Gasteiger partial charge in [-0.25, -0.2) is 0 Å². The topological polar surface area (TPSA) is 26.3 Å². The van der Waals surface area contributed by atoms with Gasteiger partial charge in [-0.2, -0.15) is 0 Å². The minimum absolute atomic E-state index is 0.0537. The van der Waals surface area contributed by atoms with Gasteiger partial charge in [0.25, 0.3) is 0 Å². The molecule has 92 valence electrons. The molecule has 0 amide bonds. The van der Waals surface area contributed by atoms with Crippen molar-refractivity contribution in [1.82, 2.24) is 0 Å². The molecule has 1 fully saturated rings. The fraction of sp³-hybridized carbons (Fsp3) is 0.786. The highest BCUT2D eigenvalue weighted by Gasteiger charge is 2.53. The van der Waals surface area contributed by atoms with Crippen LogP contribution in [0.25, 0.3) is 0 Å². The number of carbonyl (C=O) groups is 1. The van der Waals surface area contributed by atoms with Crippen LogP contribution in [0.4, 0.5) is 0 Å². The molecule has 0 bridgehead atoms. The van der Waals surface area contributed by atoms with Crippen LogP contribution < -0.4 is 0 Å². The van der Waals surface area contributed by atoms with Gasteiger partial charge in [0.2, 0.25) is 0 Å². The van der Waals surface area contributed by atoms with Crippen LogP contribution in [0.15, 0.2) is 12.2 Å². The lowest BCUT2D eigenvalue weighted by Gasteiger charge is -2.40. The standard InChI is InChI=1S/C14H24O2/c1-6-7-8-12-9-10-14(5,13(12,3)4)16-11(2)15/h6-7,12H,8-10H2,1-5H3/b7-6+. The number of hydrogen-bond acceptors (Lipinski definition) is 2. The molecule has 0 aromatic carbocycles. The molecule has 1 aliphatic carbocycles. The maximum absolute atomic E-state index is 11.2. The van der Waals surface area contributed by atoms with Crippen LogP contribution in [-0.4, -0.2) is 11.6 Å². The van der Waals surface area contributed by atoms with Crippen molar-refractivity contribution in [2.75, 3.05) is 0 Å². The number of hydrogen-bond donors (Lipinski definition) is 0. The highest BCUT2D eigenvalue weighted by atomic mass is 16.6. The predicted molar refractivity (Wildman–Crippen MR) is 66.1 cm³/mol. The van der Waals surface area contributed by atoms with E-state index >= 15 is 0 Å². The molecule has 2 nitrogen and oxygen atoms in total. The van der Waals surface area contributed by atoms with Crippen LogP contribution in [0.5, 0.6) is 0 Å². The van der Waals surface area contributed by atoms with Crippen molar-refractivity contribution in [3.8, 4) is 0 Å². The Hall–Kier alpha value is -0.790. The Kier molecular flexibility index (Phi) is 3.82. The van der Waals surface area contributed by atoms with Gasteiger partial charge < -0.3 is 4.74 Å². The lowest BCUT2D eigenvalue weighted by Crippen LogP contribution is -2.43. The van der Waals surface area contributed by atoms with Gasteiger partial charge in [-0.15, -0.1) is 0 Å². The summed E-state index contributed by atoms with van der Waals surface area (Å²) < 4.78 is 5.56. The molecule has 1 aliphatic rings. The second-order valence-electron chi connectivity index (χ2n) is 5.59. The van der Waals surface area contributed by atoms with Gasteiger partial charge in [0.1, 0.15) is 5.60 Å². The quantitative estimate of drug-likeness (QED) is 0.539. The van der Waals surface area contributed by atoms with Crippen molar-refractivity contribution in [2.45, 2.75) is 59.5 Å². The second kappa shape index (κ2) is 4.60. The van der Waals surface area contributed by atoms with Crippen molar-refractivity contribution < 1.29 is 9.53 Å². The summed E-state index contributed by atoms with van der Waals surface area (Å²) in [5.41, 5.74) is -0.247. The van der Waals surface area contributed by atoms with Gasteiger partial charge in [-0.1, -0.05) is 26.0 Å². The highest BCUT2D eigenvalue weighted by molar-refractivity contribution is 5.66. The molecular weight excluding hydrogens is 200 g/mol. The molecule has 2 unspecified atom stereocenters. The van der Waals surface area contributed by atoms with E-state index in [1.807, 2.05) is 6.92 Å². The first kappa shape index (κ1) is 13.3. The third kappa shape index (κ3) is 2.31. The summed E-state index contributed by atoms with van der Waals surface area (Å²) in [6, 6.07) is 0. The van der Waals surface area contributed by atoms with Crippen LogP contribution in [0.2, 0.25) is 0 Å². The molecule has 16 heavy (non-hydrogen) atoms. The zero-order valence-corrected chi connectivity index (χ0v) is 11.2. The molecule has 0 N–H and O–H groups in total. The molecular formula is C14H24O2. The van der Waals surface area contributed by atoms with Crippen LogP contribution in [0, 0.1) is 11.3 Å². The maximum atomic E-state index is 11.2. The Bertz CT molecular complexity index is 291. The number of ether oxygens (including phenoxy) is 1.